The van der Waals surface area contributed by atoms with E-state index in [1.54, 1.807) is 29.5 Å². The number of thiophene rings is 1. The van der Waals surface area contributed by atoms with E-state index in [2.05, 4.69) is 15.5 Å². The predicted molar refractivity (Wildman–Crippen MR) is 114 cm³/mol. The molecule has 2 heterocycles. The summed E-state index contributed by atoms with van der Waals surface area (Å²) in [5.74, 6) is 0.0668. The van der Waals surface area contributed by atoms with E-state index in [-0.39, 0.29) is 29.3 Å². The predicted octanol–water partition coefficient (Wildman–Crippen LogP) is 3.71. The molecule has 3 aromatic rings. The standard InChI is InChI=1S/C19H19ClN4O3S2/c1-2-24(11-16(25)21-10-15-7-4-8-28-15)17(26)12-29-19-23-22-18(27-19)13-5-3-6-14(20)9-13/h3-9H,2,10-12H2,1H3,(H,21,25). The van der Waals surface area contributed by atoms with Gasteiger partial charge in [0.2, 0.25) is 17.7 Å². The fourth-order valence-electron chi connectivity index (χ4n) is 2.43. The number of likely N-dealkylation sites (N-methyl/N-ethyl adjacent to an activating group) is 1. The Bertz CT molecular complexity index is 962. The van der Waals surface area contributed by atoms with E-state index in [9.17, 15) is 9.59 Å². The molecule has 7 nitrogen and oxygen atoms in total. The highest BCUT2D eigenvalue weighted by Gasteiger charge is 2.18. The molecule has 0 saturated heterocycles. The first kappa shape index (κ1) is 21.4. The molecule has 0 aliphatic heterocycles. The number of benzene rings is 1. The summed E-state index contributed by atoms with van der Waals surface area (Å²) < 4.78 is 5.58. The van der Waals surface area contributed by atoms with Crippen LogP contribution in [0.2, 0.25) is 5.02 Å². The summed E-state index contributed by atoms with van der Waals surface area (Å²) >= 11 is 8.68. The summed E-state index contributed by atoms with van der Waals surface area (Å²) in [5.41, 5.74) is 0.709. The number of amides is 2. The van der Waals surface area contributed by atoms with Gasteiger partial charge in [-0.05, 0) is 36.6 Å². The Balaban J connectivity index is 1.49. The number of thioether (sulfide) groups is 1. The average molecular weight is 451 g/mol. The van der Waals surface area contributed by atoms with E-state index < -0.39 is 0 Å². The van der Waals surface area contributed by atoms with Crippen LogP contribution in [0.15, 0.2) is 51.4 Å². The van der Waals surface area contributed by atoms with Gasteiger partial charge in [-0.3, -0.25) is 9.59 Å². The van der Waals surface area contributed by atoms with Gasteiger partial charge < -0.3 is 14.6 Å². The van der Waals surface area contributed by atoms with E-state index in [0.29, 0.717) is 29.6 Å². The second-order valence-corrected chi connectivity index (χ2v) is 8.33. The quantitative estimate of drug-likeness (QED) is 0.500. The van der Waals surface area contributed by atoms with Crippen molar-refractivity contribution in [1.82, 2.24) is 20.4 Å². The van der Waals surface area contributed by atoms with E-state index >= 15 is 0 Å². The van der Waals surface area contributed by atoms with Gasteiger partial charge in [-0.2, -0.15) is 0 Å². The zero-order chi connectivity index (χ0) is 20.6. The molecule has 10 heteroatoms. The van der Waals surface area contributed by atoms with Crippen LogP contribution in [0.3, 0.4) is 0 Å². The lowest BCUT2D eigenvalue weighted by Gasteiger charge is -2.19. The van der Waals surface area contributed by atoms with Crippen molar-refractivity contribution in [2.75, 3.05) is 18.8 Å². The van der Waals surface area contributed by atoms with Crippen LogP contribution in [-0.4, -0.2) is 45.8 Å². The van der Waals surface area contributed by atoms with Gasteiger partial charge in [0.05, 0.1) is 18.8 Å². The molecule has 29 heavy (non-hydrogen) atoms. The Morgan fingerprint density at radius 2 is 2.14 bits per heavy atom. The summed E-state index contributed by atoms with van der Waals surface area (Å²) in [4.78, 5) is 27.1. The Morgan fingerprint density at radius 1 is 1.28 bits per heavy atom. The molecule has 2 aromatic heterocycles. The van der Waals surface area contributed by atoms with Crippen molar-refractivity contribution < 1.29 is 14.0 Å². The van der Waals surface area contributed by atoms with Gasteiger partial charge >= 0.3 is 0 Å². The third-order valence-corrected chi connectivity index (χ3v) is 5.82. The fraction of sp³-hybridized carbons (Fsp3) is 0.263. The van der Waals surface area contributed by atoms with Gasteiger partial charge in [0.25, 0.3) is 5.22 Å². The smallest absolute Gasteiger partial charge is 0.277 e. The molecule has 3 rings (SSSR count). The number of carbonyl (C=O) groups excluding carboxylic acids is 2. The first-order valence-corrected chi connectivity index (χ1v) is 11.1. The zero-order valence-corrected chi connectivity index (χ0v) is 18.0. The summed E-state index contributed by atoms with van der Waals surface area (Å²) in [7, 11) is 0. The molecule has 0 saturated carbocycles. The lowest BCUT2D eigenvalue weighted by atomic mass is 10.2. The summed E-state index contributed by atoms with van der Waals surface area (Å²) in [6.45, 7) is 2.74. The number of aromatic nitrogens is 2. The number of nitrogens with one attached hydrogen (secondary N) is 1. The average Bonchev–Trinajstić information content (AvgIpc) is 3.40. The normalized spacial score (nSPS) is 10.7. The van der Waals surface area contributed by atoms with Gasteiger partial charge in [-0.1, -0.05) is 35.5 Å². The van der Waals surface area contributed by atoms with Crippen molar-refractivity contribution in [3.63, 3.8) is 0 Å². The van der Waals surface area contributed by atoms with Crippen molar-refractivity contribution in [3.8, 4) is 11.5 Å². The maximum absolute atomic E-state index is 12.5. The molecule has 0 aliphatic carbocycles. The molecular formula is C19H19ClN4O3S2. The molecule has 152 valence electrons. The Labute approximate surface area is 181 Å². The van der Waals surface area contributed by atoms with Crippen LogP contribution in [-0.2, 0) is 16.1 Å². The van der Waals surface area contributed by atoms with E-state index in [0.717, 1.165) is 16.6 Å². The van der Waals surface area contributed by atoms with Crippen LogP contribution < -0.4 is 5.32 Å². The lowest BCUT2D eigenvalue weighted by molar-refractivity contribution is -0.133. The second-order valence-electron chi connectivity index (χ2n) is 5.94. The highest BCUT2D eigenvalue weighted by Crippen LogP contribution is 2.25. The SMILES string of the molecule is CCN(CC(=O)NCc1cccs1)C(=O)CSc1nnc(-c2cccc(Cl)c2)o1. The van der Waals surface area contributed by atoms with Gasteiger partial charge in [0, 0.05) is 22.0 Å². The largest absolute Gasteiger partial charge is 0.411 e. The molecule has 0 aliphatic rings. The van der Waals surface area contributed by atoms with Crippen LogP contribution in [0.5, 0.6) is 0 Å². The Hall–Kier alpha value is -2.36. The second kappa shape index (κ2) is 10.4. The third-order valence-electron chi connectivity index (χ3n) is 3.91. The zero-order valence-electron chi connectivity index (χ0n) is 15.6. The summed E-state index contributed by atoms with van der Waals surface area (Å²) in [6, 6.07) is 11.0. The van der Waals surface area contributed by atoms with E-state index in [1.165, 1.54) is 4.90 Å². The minimum Gasteiger partial charge on any atom is -0.411 e. The summed E-state index contributed by atoms with van der Waals surface area (Å²) in [5, 5.41) is 13.6. The van der Waals surface area contributed by atoms with Crippen LogP contribution in [0.25, 0.3) is 11.5 Å². The van der Waals surface area contributed by atoms with Crippen LogP contribution in [0.4, 0.5) is 0 Å². The molecule has 1 aromatic carbocycles. The van der Waals surface area contributed by atoms with Crippen molar-refractivity contribution in [3.05, 3.63) is 51.7 Å². The number of hydrogen-bond donors (Lipinski definition) is 1. The van der Waals surface area contributed by atoms with Gasteiger partial charge in [-0.25, -0.2) is 0 Å². The molecule has 2 amide bonds. The third kappa shape index (κ3) is 6.31. The molecular weight excluding hydrogens is 432 g/mol. The van der Waals surface area contributed by atoms with E-state index in [4.69, 9.17) is 16.0 Å². The van der Waals surface area contributed by atoms with Gasteiger partial charge in [0.15, 0.2) is 0 Å². The highest BCUT2D eigenvalue weighted by atomic mass is 35.5. The number of rotatable bonds is 9. The van der Waals surface area contributed by atoms with E-state index in [1.807, 2.05) is 30.5 Å². The monoisotopic (exact) mass is 450 g/mol. The highest BCUT2D eigenvalue weighted by molar-refractivity contribution is 7.99. The minimum atomic E-state index is -0.195. The fourth-order valence-corrected chi connectivity index (χ4v) is 3.93. The number of halogens is 1. The van der Waals surface area contributed by atoms with Crippen molar-refractivity contribution in [2.45, 2.75) is 18.7 Å². The Morgan fingerprint density at radius 3 is 2.86 bits per heavy atom. The maximum atomic E-state index is 12.5. The van der Waals surface area contributed by atoms with Gasteiger partial charge in [-0.15, -0.1) is 21.5 Å². The number of hydrogen-bond acceptors (Lipinski definition) is 7. The molecule has 0 fully saturated rings. The molecule has 0 unspecified atom stereocenters. The van der Waals surface area contributed by atoms with Crippen LogP contribution in [0.1, 0.15) is 11.8 Å². The lowest BCUT2D eigenvalue weighted by Crippen LogP contribution is -2.41. The maximum Gasteiger partial charge on any atom is 0.277 e. The number of nitrogens with zero attached hydrogens (tertiary/aromatic N) is 3. The van der Waals surface area contributed by atoms with Crippen molar-refractivity contribution in [1.29, 1.82) is 0 Å². The van der Waals surface area contributed by atoms with Crippen LogP contribution in [0, 0.1) is 0 Å². The first-order chi connectivity index (χ1) is 14.0. The van der Waals surface area contributed by atoms with Crippen LogP contribution >= 0.6 is 34.7 Å². The summed E-state index contributed by atoms with van der Waals surface area (Å²) in [6.07, 6.45) is 0. The molecule has 0 atom stereocenters. The minimum absolute atomic E-state index is 0.0128. The topological polar surface area (TPSA) is 88.3 Å². The molecule has 1 N–H and O–H groups in total. The molecule has 0 bridgehead atoms. The van der Waals surface area contributed by atoms with Crippen molar-refractivity contribution in [2.24, 2.45) is 0 Å². The molecule has 0 radical (unpaired) electrons. The first-order valence-electron chi connectivity index (χ1n) is 8.84. The molecule has 0 spiro atoms. The van der Waals surface area contributed by atoms with Crippen molar-refractivity contribution >= 4 is 46.5 Å². The number of carbonyl (C=O) groups is 2. The Kier molecular flexibility index (Phi) is 7.68. The van der Waals surface area contributed by atoms with Gasteiger partial charge in [0.1, 0.15) is 0 Å².